The molecule has 6 nitrogen and oxygen atoms in total. The molecular weight excluding hydrogens is 326 g/mol. The first kappa shape index (κ1) is 20.0. The Hall–Kier alpha value is -2.34. The number of nitrogens with zero attached hydrogens (tertiary/aromatic N) is 3. The van der Waals surface area contributed by atoms with E-state index in [2.05, 4.69) is 48.4 Å². The van der Waals surface area contributed by atoms with Gasteiger partial charge in [0, 0.05) is 32.0 Å². The third-order valence-electron chi connectivity index (χ3n) is 4.13. The first-order valence-electron chi connectivity index (χ1n) is 9.08. The summed E-state index contributed by atoms with van der Waals surface area (Å²) < 4.78 is 7.47. The molecule has 0 aliphatic heterocycles. The second-order valence-electron chi connectivity index (χ2n) is 7.30. The second kappa shape index (κ2) is 9.38. The van der Waals surface area contributed by atoms with Crippen molar-refractivity contribution < 1.29 is 4.74 Å². The summed E-state index contributed by atoms with van der Waals surface area (Å²) in [7, 11) is 1.75. The molecule has 2 N–H and O–H groups in total. The summed E-state index contributed by atoms with van der Waals surface area (Å²) in [5.41, 5.74) is 2.17. The lowest BCUT2D eigenvalue weighted by Gasteiger charge is -2.30. The van der Waals surface area contributed by atoms with Gasteiger partial charge in [-0.1, -0.05) is 39.0 Å². The summed E-state index contributed by atoms with van der Waals surface area (Å²) >= 11 is 0. The van der Waals surface area contributed by atoms with Gasteiger partial charge in [-0.25, -0.2) is 9.67 Å². The lowest BCUT2D eigenvalue weighted by Crippen LogP contribution is -2.45. The first-order chi connectivity index (χ1) is 12.4. The van der Waals surface area contributed by atoms with Gasteiger partial charge in [-0.15, -0.1) is 0 Å². The van der Waals surface area contributed by atoms with Gasteiger partial charge in [-0.3, -0.25) is 0 Å². The van der Waals surface area contributed by atoms with Crippen LogP contribution in [0.1, 0.15) is 33.3 Å². The van der Waals surface area contributed by atoms with Gasteiger partial charge in [0.15, 0.2) is 5.96 Å². The van der Waals surface area contributed by atoms with E-state index >= 15 is 0 Å². The van der Waals surface area contributed by atoms with Crippen molar-refractivity contribution in [2.24, 2.45) is 10.4 Å². The summed E-state index contributed by atoms with van der Waals surface area (Å²) in [6, 6.07) is 10.1. The average Bonchev–Trinajstić information content (AvgIpc) is 3.08. The average molecular weight is 358 g/mol. The number of guanidine groups is 1. The minimum Gasteiger partial charge on any atom is -0.379 e. The molecular formula is C20H31N5O. The van der Waals surface area contributed by atoms with Crippen molar-refractivity contribution in [2.45, 2.75) is 40.3 Å². The third kappa shape index (κ3) is 5.88. The van der Waals surface area contributed by atoms with Crippen molar-refractivity contribution in [1.82, 2.24) is 20.4 Å². The molecule has 1 aromatic heterocycles. The molecule has 0 saturated heterocycles. The van der Waals surface area contributed by atoms with Crippen LogP contribution in [0, 0.1) is 5.41 Å². The standard InChI is InChI=1S/C20H31N5O/c1-6-21-19(23-14-18(26-5)20(2,3)4)22-12-16-13-24-25(15-16)17-10-8-7-9-11-17/h7-11,13,15,18H,6,12,14H2,1-5H3,(H2,21,22,23). The lowest BCUT2D eigenvalue weighted by atomic mass is 9.89. The van der Waals surface area contributed by atoms with Crippen molar-refractivity contribution in [2.75, 3.05) is 20.2 Å². The lowest BCUT2D eigenvalue weighted by molar-refractivity contribution is 0.0205. The fourth-order valence-corrected chi connectivity index (χ4v) is 2.61. The molecule has 26 heavy (non-hydrogen) atoms. The Kier molecular flexibility index (Phi) is 7.21. The molecule has 0 saturated carbocycles. The summed E-state index contributed by atoms with van der Waals surface area (Å²) in [6.07, 6.45) is 3.97. The molecule has 0 bridgehead atoms. The molecule has 0 radical (unpaired) electrons. The largest absolute Gasteiger partial charge is 0.379 e. The second-order valence-corrected chi connectivity index (χ2v) is 7.30. The number of para-hydroxylation sites is 1. The van der Waals surface area contributed by atoms with Crippen LogP contribution >= 0.6 is 0 Å². The molecule has 0 aliphatic rings. The van der Waals surface area contributed by atoms with Gasteiger partial charge in [0.2, 0.25) is 0 Å². The summed E-state index contributed by atoms with van der Waals surface area (Å²) in [6.45, 7) is 10.6. The van der Waals surface area contributed by atoms with Crippen molar-refractivity contribution in [3.05, 3.63) is 48.3 Å². The van der Waals surface area contributed by atoms with Gasteiger partial charge < -0.3 is 15.4 Å². The molecule has 1 aromatic carbocycles. The van der Waals surface area contributed by atoms with Crippen LogP contribution in [0.2, 0.25) is 0 Å². The molecule has 0 amide bonds. The molecule has 142 valence electrons. The fourth-order valence-electron chi connectivity index (χ4n) is 2.61. The van der Waals surface area contributed by atoms with E-state index in [-0.39, 0.29) is 11.5 Å². The van der Waals surface area contributed by atoms with Crippen LogP contribution < -0.4 is 10.6 Å². The Morgan fingerprint density at radius 3 is 2.58 bits per heavy atom. The smallest absolute Gasteiger partial charge is 0.191 e. The Balaban J connectivity index is 1.99. The van der Waals surface area contributed by atoms with E-state index in [9.17, 15) is 0 Å². The zero-order chi connectivity index (χ0) is 19.0. The predicted molar refractivity (Wildman–Crippen MR) is 107 cm³/mol. The Labute approximate surface area is 156 Å². The highest BCUT2D eigenvalue weighted by molar-refractivity contribution is 5.79. The van der Waals surface area contributed by atoms with E-state index in [4.69, 9.17) is 4.74 Å². The number of hydrogen-bond acceptors (Lipinski definition) is 3. The summed E-state index contributed by atoms with van der Waals surface area (Å²) in [4.78, 5) is 4.66. The van der Waals surface area contributed by atoms with Gasteiger partial charge in [0.1, 0.15) is 0 Å². The number of nitrogens with one attached hydrogen (secondary N) is 2. The van der Waals surface area contributed by atoms with Crippen LogP contribution in [-0.4, -0.2) is 42.0 Å². The van der Waals surface area contributed by atoms with E-state index in [0.717, 1.165) is 23.8 Å². The van der Waals surface area contributed by atoms with Gasteiger partial charge >= 0.3 is 0 Å². The molecule has 6 heteroatoms. The monoisotopic (exact) mass is 357 g/mol. The Bertz CT molecular complexity index is 688. The van der Waals surface area contributed by atoms with Crippen molar-refractivity contribution in [3.63, 3.8) is 0 Å². The fraction of sp³-hybridized carbons (Fsp3) is 0.500. The number of aliphatic imine (C=N–C) groups is 1. The Morgan fingerprint density at radius 1 is 1.23 bits per heavy atom. The predicted octanol–water partition coefficient (Wildman–Crippen LogP) is 2.99. The van der Waals surface area contributed by atoms with E-state index in [1.54, 1.807) is 7.11 Å². The number of aromatic nitrogens is 2. The molecule has 1 heterocycles. The number of hydrogen-bond donors (Lipinski definition) is 2. The van der Waals surface area contributed by atoms with E-state index in [1.807, 2.05) is 47.4 Å². The van der Waals surface area contributed by atoms with E-state index < -0.39 is 0 Å². The van der Waals surface area contributed by atoms with Crippen LogP contribution in [0.15, 0.2) is 47.7 Å². The van der Waals surface area contributed by atoms with Crippen molar-refractivity contribution in [1.29, 1.82) is 0 Å². The normalized spacial score (nSPS) is 13.5. The van der Waals surface area contributed by atoms with Gasteiger partial charge in [-0.05, 0) is 24.5 Å². The minimum absolute atomic E-state index is 0.0654. The van der Waals surface area contributed by atoms with Crippen LogP contribution in [0.25, 0.3) is 5.69 Å². The number of ether oxygens (including phenoxy) is 1. The SMILES string of the molecule is CCNC(=NCc1cnn(-c2ccccc2)c1)NCC(OC)C(C)(C)C. The van der Waals surface area contributed by atoms with Crippen LogP contribution in [0.3, 0.4) is 0 Å². The zero-order valence-corrected chi connectivity index (χ0v) is 16.5. The maximum absolute atomic E-state index is 5.60. The quantitative estimate of drug-likeness (QED) is 0.591. The van der Waals surface area contributed by atoms with E-state index in [1.165, 1.54) is 0 Å². The highest BCUT2D eigenvalue weighted by Gasteiger charge is 2.24. The highest BCUT2D eigenvalue weighted by atomic mass is 16.5. The van der Waals surface area contributed by atoms with Gasteiger partial charge in [0.05, 0.1) is 24.5 Å². The summed E-state index contributed by atoms with van der Waals surface area (Å²) in [5, 5.41) is 11.1. The van der Waals surface area contributed by atoms with Gasteiger partial charge in [0.25, 0.3) is 0 Å². The van der Waals surface area contributed by atoms with E-state index in [0.29, 0.717) is 13.1 Å². The van der Waals surface area contributed by atoms with Crippen LogP contribution in [0.5, 0.6) is 0 Å². The Morgan fingerprint density at radius 2 is 1.96 bits per heavy atom. The number of methoxy groups -OCH3 is 1. The molecule has 2 aromatic rings. The topological polar surface area (TPSA) is 63.5 Å². The van der Waals surface area contributed by atoms with Crippen LogP contribution in [-0.2, 0) is 11.3 Å². The van der Waals surface area contributed by atoms with Crippen molar-refractivity contribution >= 4 is 5.96 Å². The van der Waals surface area contributed by atoms with Crippen LogP contribution in [0.4, 0.5) is 0 Å². The number of benzene rings is 1. The molecule has 0 fully saturated rings. The van der Waals surface area contributed by atoms with Gasteiger partial charge in [-0.2, -0.15) is 5.10 Å². The number of rotatable bonds is 7. The minimum atomic E-state index is 0.0654. The molecule has 2 rings (SSSR count). The molecule has 1 unspecified atom stereocenters. The first-order valence-corrected chi connectivity index (χ1v) is 9.08. The third-order valence-corrected chi connectivity index (χ3v) is 4.13. The maximum atomic E-state index is 5.60. The molecule has 0 aliphatic carbocycles. The highest BCUT2D eigenvalue weighted by Crippen LogP contribution is 2.20. The summed E-state index contributed by atoms with van der Waals surface area (Å²) in [5.74, 6) is 0.784. The maximum Gasteiger partial charge on any atom is 0.191 e. The molecule has 0 spiro atoms. The molecule has 1 atom stereocenters. The van der Waals surface area contributed by atoms with Crippen molar-refractivity contribution in [3.8, 4) is 5.69 Å². The zero-order valence-electron chi connectivity index (χ0n) is 16.5.